The Labute approximate surface area is 212 Å². The Morgan fingerprint density at radius 2 is 2.00 bits per heavy atom. The first-order valence-electron chi connectivity index (χ1n) is 11.1. The zero-order valence-corrected chi connectivity index (χ0v) is 21.9. The molecule has 2 heterocycles. The number of aliphatic hydroxyl groups is 1. The summed E-state index contributed by atoms with van der Waals surface area (Å²) in [6, 6.07) is 9.48. The minimum absolute atomic E-state index is 0.0150. The minimum Gasteiger partial charge on any atom is -0.462 e. The van der Waals surface area contributed by atoms with Crippen LogP contribution in [-0.2, 0) is 18.6 Å². The van der Waals surface area contributed by atoms with E-state index >= 15 is 0 Å². The smallest absolute Gasteiger partial charge is 0.459 e. The zero-order chi connectivity index (χ0) is 26.7. The summed E-state index contributed by atoms with van der Waals surface area (Å²) >= 11 is 0.916. The molecule has 1 aliphatic heterocycles. The van der Waals surface area contributed by atoms with E-state index < -0.39 is 60.6 Å². The third kappa shape index (κ3) is 6.86. The van der Waals surface area contributed by atoms with Crippen molar-refractivity contribution in [3.8, 4) is 5.75 Å². The van der Waals surface area contributed by atoms with Gasteiger partial charge in [-0.3, -0.25) is 13.9 Å². The number of aliphatic hydroxyl groups excluding tert-OH is 1. The molecule has 2 aromatic rings. The van der Waals surface area contributed by atoms with Gasteiger partial charge in [-0.1, -0.05) is 18.2 Å². The highest BCUT2D eigenvalue weighted by molar-refractivity contribution is 8.00. The molecular formula is C22H30FN4O7PS. The highest BCUT2D eigenvalue weighted by Gasteiger charge is 2.47. The molecule has 11 nitrogen and oxygen atoms in total. The lowest BCUT2D eigenvalue weighted by atomic mass is 10.1. The monoisotopic (exact) mass is 544 g/mol. The Balaban J connectivity index is 1.79. The average molecular weight is 545 g/mol. The molecule has 0 saturated carbocycles. The average Bonchev–Trinajstić information content (AvgIpc) is 3.06. The second-order valence-corrected chi connectivity index (χ2v) is 12.0. The van der Waals surface area contributed by atoms with Crippen molar-refractivity contribution >= 4 is 31.3 Å². The number of alkyl halides is 1. The van der Waals surface area contributed by atoms with E-state index in [4.69, 9.17) is 19.5 Å². The number of halogens is 1. The maximum atomic E-state index is 14.9. The van der Waals surface area contributed by atoms with E-state index in [2.05, 4.69) is 10.1 Å². The third-order valence-corrected chi connectivity index (χ3v) is 8.37. The number of para-hydroxylation sites is 1. The highest BCUT2D eigenvalue weighted by atomic mass is 32.2. The Bertz CT molecular complexity index is 1170. The number of benzene rings is 1. The van der Waals surface area contributed by atoms with Crippen molar-refractivity contribution in [2.24, 2.45) is 0 Å². The molecule has 3 rings (SSSR count). The fourth-order valence-corrected chi connectivity index (χ4v) is 6.52. The number of nitrogens with one attached hydrogen (secondary N) is 1. The van der Waals surface area contributed by atoms with Crippen LogP contribution >= 0.6 is 19.5 Å². The molecule has 4 N–H and O–H groups in total. The number of nitrogens with two attached hydrogens (primary N) is 1. The maximum Gasteiger partial charge on any atom is 0.459 e. The van der Waals surface area contributed by atoms with Crippen LogP contribution in [-0.4, -0.2) is 56.4 Å². The fourth-order valence-electron chi connectivity index (χ4n) is 3.31. The summed E-state index contributed by atoms with van der Waals surface area (Å²) in [6.07, 6.45) is -2.51. The first-order chi connectivity index (χ1) is 16.8. The van der Waals surface area contributed by atoms with Gasteiger partial charge in [-0.25, -0.2) is 13.8 Å². The normalized spacial score (nSPS) is 23.9. The molecule has 1 aromatic heterocycles. The standard InChI is InChI=1S/C22H30FN4O7PS/c1-13(2)33-20(29)22(3,4)26-35(31,34-14-8-6-5-7-9-14)32-12-15-18(28)17(23)19(36-15)27-11-10-16(24)25-21(27)30/h5-11,13,15,17-19,28H,12H2,1-4H3,(H,26,31)(H2,24,25,30)/t15-,17+,18-,19-,35?/m1/s1. The van der Waals surface area contributed by atoms with Crippen molar-refractivity contribution in [3.63, 3.8) is 0 Å². The van der Waals surface area contributed by atoms with Crippen molar-refractivity contribution in [1.29, 1.82) is 0 Å². The molecule has 1 unspecified atom stereocenters. The molecular weight excluding hydrogens is 514 g/mol. The van der Waals surface area contributed by atoms with Gasteiger partial charge in [0, 0.05) is 6.20 Å². The Morgan fingerprint density at radius 3 is 2.61 bits per heavy atom. The summed E-state index contributed by atoms with van der Waals surface area (Å²) in [5.41, 5.74) is 3.24. The van der Waals surface area contributed by atoms with Crippen molar-refractivity contribution < 1.29 is 32.6 Å². The number of esters is 1. The Kier molecular flexibility index (Phi) is 8.84. The highest BCUT2D eigenvalue weighted by Crippen LogP contribution is 2.49. The second-order valence-electron chi connectivity index (χ2n) is 8.93. The molecule has 198 valence electrons. The lowest BCUT2D eigenvalue weighted by molar-refractivity contribution is -0.153. The fraction of sp³-hybridized carbons (Fsp3) is 0.500. The van der Waals surface area contributed by atoms with Crippen molar-refractivity contribution in [3.05, 3.63) is 53.1 Å². The molecule has 0 spiro atoms. The second kappa shape index (κ2) is 11.3. The topological polar surface area (TPSA) is 155 Å². The molecule has 0 radical (unpaired) electrons. The van der Waals surface area contributed by atoms with E-state index in [1.54, 1.807) is 44.2 Å². The number of nitrogen functional groups attached to an aromatic ring is 1. The first-order valence-corrected chi connectivity index (χ1v) is 13.6. The van der Waals surface area contributed by atoms with E-state index in [9.17, 15) is 23.7 Å². The van der Waals surface area contributed by atoms with Gasteiger partial charge >= 0.3 is 19.4 Å². The van der Waals surface area contributed by atoms with Crippen LogP contribution in [0.15, 0.2) is 47.4 Å². The zero-order valence-electron chi connectivity index (χ0n) is 20.2. The molecule has 0 aliphatic carbocycles. The SMILES string of the molecule is CC(C)OC(=O)C(C)(C)NP(=O)(OC[C@H]1S[C@@H](n2ccc(N)nc2=O)[C@@H](F)[C@@H]1O)Oc1ccccc1. The number of hydrogen-bond acceptors (Lipinski definition) is 10. The Morgan fingerprint density at radius 1 is 1.33 bits per heavy atom. The molecule has 1 aromatic carbocycles. The van der Waals surface area contributed by atoms with Crippen LogP contribution in [0.2, 0.25) is 0 Å². The predicted octanol–water partition coefficient (Wildman–Crippen LogP) is 2.66. The molecule has 1 fully saturated rings. The van der Waals surface area contributed by atoms with Crippen LogP contribution in [0, 0.1) is 0 Å². The van der Waals surface area contributed by atoms with Gasteiger partial charge in [0.1, 0.15) is 28.6 Å². The lowest BCUT2D eigenvalue weighted by Gasteiger charge is -2.30. The van der Waals surface area contributed by atoms with Crippen LogP contribution < -0.4 is 21.0 Å². The molecule has 0 amide bonds. The third-order valence-electron chi connectivity index (χ3n) is 5.07. The molecule has 5 atom stereocenters. The number of carbonyl (C=O) groups is 1. The summed E-state index contributed by atoms with van der Waals surface area (Å²) < 4.78 is 46.2. The van der Waals surface area contributed by atoms with E-state index in [0.29, 0.717) is 0 Å². The quantitative estimate of drug-likeness (QED) is 0.299. The van der Waals surface area contributed by atoms with Crippen LogP contribution in [0.25, 0.3) is 0 Å². The van der Waals surface area contributed by atoms with Gasteiger partial charge < -0.3 is 20.1 Å². The molecule has 0 bridgehead atoms. The number of hydrogen-bond donors (Lipinski definition) is 3. The predicted molar refractivity (Wildman–Crippen MR) is 133 cm³/mol. The summed E-state index contributed by atoms with van der Waals surface area (Å²) in [5, 5.41) is 11.1. The number of carbonyl (C=O) groups excluding carboxylic acids is 1. The molecule has 1 aliphatic rings. The summed E-state index contributed by atoms with van der Waals surface area (Å²) in [6.45, 7) is 5.83. The number of nitrogens with zero attached hydrogens (tertiary/aromatic N) is 2. The van der Waals surface area contributed by atoms with Crippen LogP contribution in [0.5, 0.6) is 5.75 Å². The summed E-state index contributed by atoms with van der Waals surface area (Å²) in [4.78, 5) is 28.3. The molecule has 14 heteroatoms. The summed E-state index contributed by atoms with van der Waals surface area (Å²) in [7, 11) is -4.26. The van der Waals surface area contributed by atoms with Gasteiger partial charge in [-0.2, -0.15) is 10.1 Å². The minimum atomic E-state index is -4.26. The van der Waals surface area contributed by atoms with Gasteiger partial charge in [0.25, 0.3) is 0 Å². The Hall–Kier alpha value is -2.44. The largest absolute Gasteiger partial charge is 0.462 e. The van der Waals surface area contributed by atoms with Crippen LogP contribution in [0.1, 0.15) is 33.1 Å². The number of anilines is 1. The van der Waals surface area contributed by atoms with Crippen molar-refractivity contribution in [2.75, 3.05) is 12.3 Å². The lowest BCUT2D eigenvalue weighted by Crippen LogP contribution is -2.48. The summed E-state index contributed by atoms with van der Waals surface area (Å²) in [5.74, 6) is -0.507. The van der Waals surface area contributed by atoms with E-state index in [0.717, 1.165) is 16.3 Å². The van der Waals surface area contributed by atoms with Gasteiger partial charge in [0.15, 0.2) is 6.17 Å². The van der Waals surface area contributed by atoms with E-state index in [-0.39, 0.29) is 11.6 Å². The number of ether oxygens (including phenoxy) is 1. The van der Waals surface area contributed by atoms with Crippen molar-refractivity contribution in [1.82, 2.24) is 14.6 Å². The van der Waals surface area contributed by atoms with Gasteiger partial charge in [0.05, 0.1) is 18.0 Å². The van der Waals surface area contributed by atoms with Gasteiger partial charge in [-0.05, 0) is 45.9 Å². The molecule has 1 saturated heterocycles. The van der Waals surface area contributed by atoms with Crippen LogP contribution in [0.3, 0.4) is 0 Å². The van der Waals surface area contributed by atoms with Crippen LogP contribution in [0.4, 0.5) is 10.2 Å². The maximum absolute atomic E-state index is 14.9. The first kappa shape index (κ1) is 28.1. The van der Waals surface area contributed by atoms with Crippen molar-refractivity contribution in [2.45, 2.75) is 62.2 Å². The van der Waals surface area contributed by atoms with Gasteiger partial charge in [-0.15, -0.1) is 11.8 Å². The van der Waals surface area contributed by atoms with Gasteiger partial charge in [0.2, 0.25) is 0 Å². The van der Waals surface area contributed by atoms with E-state index in [1.807, 2.05) is 0 Å². The number of thioether (sulfide) groups is 1. The molecule has 36 heavy (non-hydrogen) atoms. The number of aromatic nitrogens is 2. The van der Waals surface area contributed by atoms with E-state index in [1.165, 1.54) is 26.1 Å². The number of rotatable bonds is 10.